The van der Waals surface area contributed by atoms with Crippen LogP contribution in [0.3, 0.4) is 0 Å². The van der Waals surface area contributed by atoms with Gasteiger partial charge in [-0.05, 0) is 18.8 Å². The monoisotopic (exact) mass is 419 g/mol. The normalized spacial score (nSPS) is 23.6. The van der Waals surface area contributed by atoms with Gasteiger partial charge in [0.15, 0.2) is 11.4 Å². The van der Waals surface area contributed by atoms with Crippen LogP contribution in [0.4, 0.5) is 13.2 Å². The van der Waals surface area contributed by atoms with E-state index in [1.165, 1.54) is 10.8 Å². The molecule has 2 amide bonds. The summed E-state index contributed by atoms with van der Waals surface area (Å²) in [4.78, 5) is 39.5. The molecule has 4 heterocycles. The summed E-state index contributed by atoms with van der Waals surface area (Å²) in [6.07, 6.45) is 2.96. The minimum Gasteiger partial charge on any atom is -0.503 e. The molecule has 30 heavy (non-hydrogen) atoms. The summed E-state index contributed by atoms with van der Waals surface area (Å²) in [6.45, 7) is -0.282. The third kappa shape index (κ3) is 2.55. The van der Waals surface area contributed by atoms with E-state index >= 15 is 0 Å². The van der Waals surface area contributed by atoms with E-state index in [2.05, 4.69) is 5.32 Å². The number of fused-ring (bicyclic) bond motifs is 1. The lowest BCUT2D eigenvalue weighted by atomic mass is 9.83. The van der Waals surface area contributed by atoms with Crippen molar-refractivity contribution in [2.75, 3.05) is 0 Å². The van der Waals surface area contributed by atoms with Gasteiger partial charge in [0.05, 0.1) is 6.04 Å². The first-order valence-electron chi connectivity index (χ1n) is 9.47. The van der Waals surface area contributed by atoms with E-state index in [9.17, 15) is 32.7 Å². The molecule has 2 aromatic rings. The Balaban J connectivity index is 1.44. The van der Waals surface area contributed by atoms with E-state index in [0.29, 0.717) is 24.6 Å². The minimum absolute atomic E-state index is 0.0461. The van der Waals surface area contributed by atoms with Gasteiger partial charge in [-0.25, -0.2) is 13.2 Å². The molecule has 1 aromatic heterocycles. The Kier molecular flexibility index (Phi) is 3.96. The third-order valence-corrected chi connectivity index (χ3v) is 6.30. The highest BCUT2D eigenvalue weighted by Crippen LogP contribution is 2.49. The molecule has 2 N–H and O–H groups in total. The van der Waals surface area contributed by atoms with Crippen molar-refractivity contribution in [3.63, 3.8) is 0 Å². The van der Waals surface area contributed by atoms with E-state index in [1.807, 2.05) is 0 Å². The van der Waals surface area contributed by atoms with E-state index in [0.717, 1.165) is 12.8 Å². The van der Waals surface area contributed by atoms with Gasteiger partial charge in [-0.2, -0.15) is 0 Å². The van der Waals surface area contributed by atoms with Crippen LogP contribution in [0.5, 0.6) is 5.75 Å². The molecule has 7 nitrogen and oxygen atoms in total. The van der Waals surface area contributed by atoms with Crippen molar-refractivity contribution in [3.8, 4) is 5.75 Å². The fourth-order valence-electron chi connectivity index (χ4n) is 4.73. The van der Waals surface area contributed by atoms with Gasteiger partial charge in [0, 0.05) is 43.0 Å². The van der Waals surface area contributed by atoms with Crippen molar-refractivity contribution in [1.29, 1.82) is 0 Å². The van der Waals surface area contributed by atoms with Crippen molar-refractivity contribution in [2.45, 2.75) is 38.0 Å². The summed E-state index contributed by atoms with van der Waals surface area (Å²) in [7, 11) is 0. The van der Waals surface area contributed by atoms with Gasteiger partial charge < -0.3 is 19.9 Å². The zero-order valence-corrected chi connectivity index (χ0v) is 15.5. The number of pyridine rings is 1. The van der Waals surface area contributed by atoms with Crippen molar-refractivity contribution in [3.05, 3.63) is 62.8 Å². The molecule has 6 rings (SSSR count). The molecule has 1 atom stereocenters. The number of aromatic hydroxyl groups is 1. The predicted molar refractivity (Wildman–Crippen MR) is 96.3 cm³/mol. The topological polar surface area (TPSA) is 91.6 Å². The number of nitrogens with one attached hydrogen (secondary N) is 1. The summed E-state index contributed by atoms with van der Waals surface area (Å²) in [6, 6.07) is 1.04. The summed E-state index contributed by atoms with van der Waals surface area (Å²) in [5, 5.41) is 12.5. The molecule has 3 fully saturated rings. The summed E-state index contributed by atoms with van der Waals surface area (Å²) in [5.41, 5.74) is -2.22. The predicted octanol–water partition coefficient (Wildman–Crippen LogP) is 1.52. The standard InChI is InChI=1S/C20H16F3N3O4/c21-9-3-13(22)11(14(23)4-9)5-24-19(29)12-6-25-7-15-8-1-10(2-8)26(15)20(30)16(25)18(28)17(12)27/h3-4,6,8,10,15,28H,1-2,5,7H2,(H,24,29)/t8-,10+,15-/m0/s1. The Morgan fingerprint density at radius 2 is 1.83 bits per heavy atom. The molecule has 156 valence electrons. The van der Waals surface area contributed by atoms with Crippen LogP contribution in [0, 0.1) is 23.4 Å². The molecule has 0 unspecified atom stereocenters. The first-order chi connectivity index (χ1) is 14.3. The zero-order chi connectivity index (χ0) is 21.3. The highest BCUT2D eigenvalue weighted by Gasteiger charge is 2.55. The summed E-state index contributed by atoms with van der Waals surface area (Å²) < 4.78 is 41.9. The summed E-state index contributed by atoms with van der Waals surface area (Å²) in [5.74, 6) is -5.33. The number of hydrogen-bond acceptors (Lipinski definition) is 4. The van der Waals surface area contributed by atoms with Gasteiger partial charge in [-0.3, -0.25) is 14.4 Å². The number of aromatic nitrogens is 1. The van der Waals surface area contributed by atoms with Crippen LogP contribution >= 0.6 is 0 Å². The molecule has 1 aliphatic carbocycles. The molecule has 0 spiro atoms. The zero-order valence-electron chi connectivity index (χ0n) is 15.5. The number of carbonyl (C=O) groups is 2. The number of benzene rings is 1. The van der Waals surface area contributed by atoms with Gasteiger partial charge in [0.25, 0.3) is 11.8 Å². The second kappa shape index (κ2) is 6.35. The lowest BCUT2D eigenvalue weighted by Crippen LogP contribution is -2.46. The molecule has 2 saturated heterocycles. The van der Waals surface area contributed by atoms with Gasteiger partial charge in [-0.1, -0.05) is 0 Å². The fourth-order valence-corrected chi connectivity index (χ4v) is 4.73. The molecule has 10 heteroatoms. The van der Waals surface area contributed by atoms with Gasteiger partial charge in [-0.15, -0.1) is 0 Å². The molecule has 3 aliphatic heterocycles. The highest BCUT2D eigenvalue weighted by atomic mass is 19.1. The number of carbonyl (C=O) groups excluding carboxylic acids is 2. The fraction of sp³-hybridized carbons (Fsp3) is 0.350. The second-order valence-corrected chi connectivity index (χ2v) is 7.92. The van der Waals surface area contributed by atoms with Gasteiger partial charge >= 0.3 is 0 Å². The average Bonchev–Trinajstić information content (AvgIpc) is 3.18. The molecular weight excluding hydrogens is 403 g/mol. The molecule has 1 aromatic carbocycles. The lowest BCUT2D eigenvalue weighted by Gasteiger charge is -2.33. The first-order valence-corrected chi connectivity index (χ1v) is 9.47. The molecular formula is C20H16F3N3O4. The van der Waals surface area contributed by atoms with E-state index in [-0.39, 0.29) is 17.8 Å². The number of rotatable bonds is 3. The lowest BCUT2D eigenvalue weighted by molar-refractivity contribution is 0.0632. The maximum atomic E-state index is 13.8. The Labute approximate surface area is 167 Å². The Morgan fingerprint density at radius 3 is 2.50 bits per heavy atom. The largest absolute Gasteiger partial charge is 0.503 e. The minimum atomic E-state index is -1.18. The Bertz CT molecular complexity index is 1150. The molecule has 0 radical (unpaired) electrons. The Hall–Kier alpha value is -3.30. The maximum Gasteiger partial charge on any atom is 0.275 e. The van der Waals surface area contributed by atoms with E-state index in [4.69, 9.17) is 0 Å². The number of halogens is 3. The smallest absolute Gasteiger partial charge is 0.275 e. The maximum absolute atomic E-state index is 13.8. The van der Waals surface area contributed by atoms with Crippen LogP contribution in [0.2, 0.25) is 0 Å². The van der Waals surface area contributed by atoms with Crippen molar-refractivity contribution in [1.82, 2.24) is 14.8 Å². The van der Waals surface area contributed by atoms with Gasteiger partial charge in [0.1, 0.15) is 23.0 Å². The van der Waals surface area contributed by atoms with E-state index < -0.39 is 58.1 Å². The quantitative estimate of drug-likeness (QED) is 0.789. The van der Waals surface area contributed by atoms with Crippen LogP contribution in [0.15, 0.2) is 23.1 Å². The summed E-state index contributed by atoms with van der Waals surface area (Å²) >= 11 is 0. The van der Waals surface area contributed by atoms with Crippen LogP contribution in [0.25, 0.3) is 0 Å². The van der Waals surface area contributed by atoms with Crippen LogP contribution in [0.1, 0.15) is 39.3 Å². The van der Waals surface area contributed by atoms with Gasteiger partial charge in [0.2, 0.25) is 5.43 Å². The second-order valence-electron chi connectivity index (χ2n) is 7.92. The third-order valence-electron chi connectivity index (χ3n) is 6.30. The highest BCUT2D eigenvalue weighted by molar-refractivity contribution is 5.99. The van der Waals surface area contributed by atoms with Crippen LogP contribution in [-0.2, 0) is 13.1 Å². The number of nitrogens with zero attached hydrogens (tertiary/aromatic N) is 2. The van der Waals surface area contributed by atoms with Crippen molar-refractivity contribution < 1.29 is 27.9 Å². The first kappa shape index (κ1) is 18.7. The van der Waals surface area contributed by atoms with Crippen LogP contribution in [-0.4, -0.2) is 38.5 Å². The van der Waals surface area contributed by atoms with E-state index in [1.54, 1.807) is 4.90 Å². The van der Waals surface area contributed by atoms with Crippen molar-refractivity contribution >= 4 is 11.8 Å². The number of hydrogen-bond donors (Lipinski definition) is 2. The average molecular weight is 419 g/mol. The number of amides is 2. The molecule has 2 bridgehead atoms. The SMILES string of the molecule is O=C(NCc1c(F)cc(F)cc1F)c1cn2c(c(O)c1=O)C(=O)N1[C@H]3C[C@H](C3)[C@@H]1C2. The molecule has 1 saturated carbocycles. The molecule has 4 aliphatic rings. The Morgan fingerprint density at radius 1 is 1.17 bits per heavy atom. The van der Waals surface area contributed by atoms with Crippen molar-refractivity contribution in [2.24, 2.45) is 5.92 Å². The van der Waals surface area contributed by atoms with Crippen LogP contribution < -0.4 is 10.7 Å².